The van der Waals surface area contributed by atoms with Gasteiger partial charge in [-0.15, -0.1) is 0 Å². The van der Waals surface area contributed by atoms with Crippen LogP contribution in [-0.4, -0.2) is 19.0 Å². The van der Waals surface area contributed by atoms with Crippen molar-refractivity contribution in [3.05, 3.63) is 0 Å². The van der Waals surface area contributed by atoms with E-state index in [9.17, 15) is 4.79 Å². The molecule has 2 heteroatoms. The van der Waals surface area contributed by atoms with Gasteiger partial charge in [0, 0.05) is 25.6 Å². The molecule has 1 saturated heterocycles. The Bertz CT molecular complexity index is 146. The molecule has 1 aliphatic heterocycles. The predicted octanol–water partition coefficient (Wildman–Crippen LogP) is 2.03. The Kier molecular flexibility index (Phi) is 3.73. The second kappa shape index (κ2) is 4.61. The minimum atomic E-state index is 0.202. The summed E-state index contributed by atoms with van der Waals surface area (Å²) in [5, 5.41) is 0. The molecule has 0 radical (unpaired) electrons. The number of hydrogen-bond acceptors (Lipinski definition) is 2. The van der Waals surface area contributed by atoms with Crippen LogP contribution in [0.15, 0.2) is 0 Å². The van der Waals surface area contributed by atoms with Crippen LogP contribution >= 0.6 is 0 Å². The fourth-order valence-corrected chi connectivity index (χ4v) is 1.47. The van der Waals surface area contributed by atoms with Crippen molar-refractivity contribution in [3.63, 3.8) is 0 Å². The fourth-order valence-electron chi connectivity index (χ4n) is 1.47. The molecule has 12 heavy (non-hydrogen) atoms. The number of ether oxygens (including phenoxy) is 1. The molecule has 0 atom stereocenters. The van der Waals surface area contributed by atoms with Crippen molar-refractivity contribution in [2.75, 3.05) is 13.2 Å². The number of hydrogen-bond donors (Lipinski definition) is 0. The first kappa shape index (κ1) is 9.72. The fraction of sp³-hybridized carbons (Fsp3) is 0.900. The molecule has 0 aromatic heterocycles. The number of rotatable bonds is 3. The summed E-state index contributed by atoms with van der Waals surface area (Å²) in [4.78, 5) is 11.4. The quantitative estimate of drug-likeness (QED) is 0.647. The summed E-state index contributed by atoms with van der Waals surface area (Å²) in [6.07, 6.45) is 2.90. The second-order valence-corrected chi connectivity index (χ2v) is 3.88. The minimum absolute atomic E-state index is 0.202. The van der Waals surface area contributed by atoms with E-state index in [0.29, 0.717) is 11.7 Å². The van der Waals surface area contributed by atoms with E-state index in [0.717, 1.165) is 32.5 Å². The van der Waals surface area contributed by atoms with E-state index in [2.05, 4.69) is 0 Å². The van der Waals surface area contributed by atoms with Gasteiger partial charge in [0.2, 0.25) is 0 Å². The highest BCUT2D eigenvalue weighted by Gasteiger charge is 2.18. The third kappa shape index (κ3) is 2.94. The zero-order valence-corrected chi connectivity index (χ0v) is 8.01. The molecule has 1 rings (SSSR count). The second-order valence-electron chi connectivity index (χ2n) is 3.88. The van der Waals surface area contributed by atoms with Crippen molar-refractivity contribution >= 4 is 5.78 Å². The highest BCUT2D eigenvalue weighted by atomic mass is 16.5. The first-order valence-electron chi connectivity index (χ1n) is 4.80. The average molecular weight is 170 g/mol. The number of carbonyl (C=O) groups excluding carboxylic acids is 1. The Morgan fingerprint density at radius 3 is 2.50 bits per heavy atom. The molecule has 0 spiro atoms. The lowest BCUT2D eigenvalue weighted by Gasteiger charge is -2.21. The summed E-state index contributed by atoms with van der Waals surface area (Å²) in [5.74, 6) is 1.20. The first-order chi connectivity index (χ1) is 5.70. The van der Waals surface area contributed by atoms with Crippen LogP contribution in [0.4, 0.5) is 0 Å². The van der Waals surface area contributed by atoms with E-state index < -0.39 is 0 Å². The van der Waals surface area contributed by atoms with Gasteiger partial charge in [0.1, 0.15) is 5.78 Å². The third-order valence-corrected chi connectivity index (χ3v) is 2.47. The van der Waals surface area contributed by atoms with Gasteiger partial charge >= 0.3 is 0 Å². The van der Waals surface area contributed by atoms with E-state index in [4.69, 9.17) is 4.74 Å². The Labute approximate surface area is 74.3 Å². The van der Waals surface area contributed by atoms with Gasteiger partial charge in [0.15, 0.2) is 0 Å². The standard InChI is InChI=1S/C10H18O2/c1-8(2)10(11)7-9-3-5-12-6-4-9/h8-9H,3-7H2,1-2H3. The highest BCUT2D eigenvalue weighted by Crippen LogP contribution is 2.20. The molecule has 0 amide bonds. The predicted molar refractivity (Wildman–Crippen MR) is 48.0 cm³/mol. The van der Waals surface area contributed by atoms with Gasteiger partial charge in [-0.3, -0.25) is 4.79 Å². The summed E-state index contributed by atoms with van der Waals surface area (Å²) < 4.78 is 5.23. The van der Waals surface area contributed by atoms with Gasteiger partial charge in [-0.05, 0) is 18.8 Å². The van der Waals surface area contributed by atoms with Crippen LogP contribution in [0.3, 0.4) is 0 Å². The maximum Gasteiger partial charge on any atom is 0.135 e. The zero-order valence-electron chi connectivity index (χ0n) is 8.01. The van der Waals surface area contributed by atoms with Crippen molar-refractivity contribution in [2.24, 2.45) is 11.8 Å². The lowest BCUT2D eigenvalue weighted by atomic mass is 9.91. The molecular weight excluding hydrogens is 152 g/mol. The minimum Gasteiger partial charge on any atom is -0.381 e. The largest absolute Gasteiger partial charge is 0.381 e. The van der Waals surface area contributed by atoms with Crippen LogP contribution in [0.1, 0.15) is 33.1 Å². The molecule has 0 aromatic rings. The van der Waals surface area contributed by atoms with Crippen molar-refractivity contribution in [2.45, 2.75) is 33.1 Å². The monoisotopic (exact) mass is 170 g/mol. The highest BCUT2D eigenvalue weighted by molar-refractivity contribution is 5.80. The van der Waals surface area contributed by atoms with E-state index in [-0.39, 0.29) is 5.92 Å². The Morgan fingerprint density at radius 1 is 1.42 bits per heavy atom. The summed E-state index contributed by atoms with van der Waals surface area (Å²) in [7, 11) is 0. The van der Waals surface area contributed by atoms with Gasteiger partial charge in [-0.1, -0.05) is 13.8 Å². The Morgan fingerprint density at radius 2 is 2.00 bits per heavy atom. The van der Waals surface area contributed by atoms with Crippen molar-refractivity contribution < 1.29 is 9.53 Å². The first-order valence-corrected chi connectivity index (χ1v) is 4.80. The van der Waals surface area contributed by atoms with Gasteiger partial charge < -0.3 is 4.74 Å². The number of Topliss-reactive ketones (excluding diaryl/α,β-unsaturated/α-hetero) is 1. The SMILES string of the molecule is CC(C)C(=O)CC1CCOCC1. The van der Waals surface area contributed by atoms with Gasteiger partial charge in [-0.25, -0.2) is 0 Å². The summed E-state index contributed by atoms with van der Waals surface area (Å²) in [6, 6.07) is 0. The maximum absolute atomic E-state index is 11.4. The van der Waals surface area contributed by atoms with Crippen molar-refractivity contribution in [3.8, 4) is 0 Å². The molecule has 70 valence electrons. The average Bonchev–Trinajstić information content (AvgIpc) is 2.06. The summed E-state index contributed by atoms with van der Waals surface area (Å²) >= 11 is 0. The lowest BCUT2D eigenvalue weighted by molar-refractivity contribution is -0.123. The van der Waals surface area contributed by atoms with E-state index in [1.807, 2.05) is 13.8 Å². The van der Waals surface area contributed by atoms with Crippen LogP contribution in [-0.2, 0) is 9.53 Å². The smallest absolute Gasteiger partial charge is 0.135 e. The van der Waals surface area contributed by atoms with Crippen LogP contribution in [0.2, 0.25) is 0 Å². The molecule has 1 heterocycles. The summed E-state index contributed by atoms with van der Waals surface area (Å²) in [5.41, 5.74) is 0. The summed E-state index contributed by atoms with van der Waals surface area (Å²) in [6.45, 7) is 5.63. The molecule has 0 aromatic carbocycles. The van der Waals surface area contributed by atoms with Gasteiger partial charge in [0.05, 0.1) is 0 Å². The number of ketones is 1. The van der Waals surface area contributed by atoms with E-state index in [1.165, 1.54) is 0 Å². The van der Waals surface area contributed by atoms with E-state index in [1.54, 1.807) is 0 Å². The molecule has 0 N–H and O–H groups in total. The molecule has 0 bridgehead atoms. The normalized spacial score (nSPS) is 19.9. The van der Waals surface area contributed by atoms with Gasteiger partial charge in [-0.2, -0.15) is 0 Å². The molecule has 0 aliphatic carbocycles. The van der Waals surface area contributed by atoms with E-state index >= 15 is 0 Å². The lowest BCUT2D eigenvalue weighted by Crippen LogP contribution is -2.20. The van der Waals surface area contributed by atoms with Gasteiger partial charge in [0.25, 0.3) is 0 Å². The molecule has 0 saturated carbocycles. The molecule has 1 aliphatic rings. The van der Waals surface area contributed by atoms with Crippen molar-refractivity contribution in [1.82, 2.24) is 0 Å². The number of carbonyl (C=O) groups is 1. The Hall–Kier alpha value is -0.370. The Balaban J connectivity index is 2.24. The molecule has 1 fully saturated rings. The molecule has 0 unspecified atom stereocenters. The molecule has 2 nitrogen and oxygen atoms in total. The molecular formula is C10H18O2. The van der Waals surface area contributed by atoms with Crippen LogP contribution in [0.25, 0.3) is 0 Å². The van der Waals surface area contributed by atoms with Crippen LogP contribution in [0, 0.1) is 11.8 Å². The van der Waals surface area contributed by atoms with Crippen LogP contribution in [0.5, 0.6) is 0 Å². The maximum atomic E-state index is 11.4. The van der Waals surface area contributed by atoms with Crippen LogP contribution < -0.4 is 0 Å². The zero-order chi connectivity index (χ0) is 8.97. The third-order valence-electron chi connectivity index (χ3n) is 2.47. The topological polar surface area (TPSA) is 26.3 Å². The van der Waals surface area contributed by atoms with Crippen molar-refractivity contribution in [1.29, 1.82) is 0 Å².